The van der Waals surface area contributed by atoms with Gasteiger partial charge in [-0.15, -0.1) is 0 Å². The normalized spacial score (nSPS) is 15.5. The molecule has 2 aromatic carbocycles. The number of rotatable bonds is 8. The van der Waals surface area contributed by atoms with E-state index in [1.807, 2.05) is 6.07 Å². The van der Waals surface area contributed by atoms with E-state index in [4.69, 9.17) is 0 Å². The average Bonchev–Trinajstić information content (AvgIpc) is 2.72. The lowest BCUT2D eigenvalue weighted by Crippen LogP contribution is -2.47. The summed E-state index contributed by atoms with van der Waals surface area (Å²) in [6.07, 6.45) is 0.747. The van der Waals surface area contributed by atoms with Crippen LogP contribution in [0.1, 0.15) is 23.7 Å². The minimum atomic E-state index is -3.59. The zero-order valence-electron chi connectivity index (χ0n) is 16.2. The molecule has 0 atom stereocenters. The number of nitrogens with one attached hydrogen (secondary N) is 1. The number of hydrogen-bond acceptors (Lipinski definition) is 5. The van der Waals surface area contributed by atoms with Gasteiger partial charge in [0.2, 0.25) is 10.0 Å². The zero-order valence-corrected chi connectivity index (χ0v) is 17.0. The van der Waals surface area contributed by atoms with Gasteiger partial charge in [0, 0.05) is 44.0 Å². The number of para-hydroxylation sites is 1. The van der Waals surface area contributed by atoms with Crippen LogP contribution in [0.2, 0.25) is 0 Å². The van der Waals surface area contributed by atoms with E-state index in [1.54, 1.807) is 12.1 Å². The van der Waals surface area contributed by atoms with Gasteiger partial charge in [0.1, 0.15) is 0 Å². The number of Topliss-reactive ketones (excluding diaryl/α,β-unsaturated/α-hetero) is 1. The number of nitrogens with zero attached hydrogens (tertiary/aromatic N) is 2. The van der Waals surface area contributed by atoms with Crippen molar-refractivity contribution in [3.05, 3.63) is 60.2 Å². The maximum Gasteiger partial charge on any atom is 0.240 e. The average molecular weight is 402 g/mol. The van der Waals surface area contributed by atoms with Crippen molar-refractivity contribution in [1.82, 2.24) is 9.62 Å². The lowest BCUT2D eigenvalue weighted by atomic mass is 10.2. The quantitative estimate of drug-likeness (QED) is 0.543. The smallest absolute Gasteiger partial charge is 0.240 e. The Balaban J connectivity index is 1.42. The highest BCUT2D eigenvalue weighted by molar-refractivity contribution is 7.89. The zero-order chi connectivity index (χ0) is 20.0. The molecule has 0 unspecified atom stereocenters. The summed E-state index contributed by atoms with van der Waals surface area (Å²) in [5, 5.41) is 0. The fourth-order valence-corrected chi connectivity index (χ4v) is 4.46. The first-order chi connectivity index (χ1) is 13.5. The fraction of sp³-hybridized carbons (Fsp3) is 0.381. The van der Waals surface area contributed by atoms with E-state index in [-0.39, 0.29) is 10.7 Å². The van der Waals surface area contributed by atoms with Crippen LogP contribution >= 0.6 is 0 Å². The van der Waals surface area contributed by atoms with Crippen molar-refractivity contribution < 1.29 is 13.2 Å². The van der Waals surface area contributed by atoms with Crippen LogP contribution in [0.15, 0.2) is 59.5 Å². The number of ketones is 1. The fourth-order valence-electron chi connectivity index (χ4n) is 3.34. The second-order valence-corrected chi connectivity index (χ2v) is 8.77. The van der Waals surface area contributed by atoms with Gasteiger partial charge in [0.15, 0.2) is 5.78 Å². The molecule has 150 valence electrons. The summed E-state index contributed by atoms with van der Waals surface area (Å²) in [6, 6.07) is 16.5. The highest BCUT2D eigenvalue weighted by Gasteiger charge is 2.18. The summed E-state index contributed by atoms with van der Waals surface area (Å²) in [7, 11) is -3.59. The van der Waals surface area contributed by atoms with E-state index in [0.717, 1.165) is 39.1 Å². The molecule has 1 fully saturated rings. The Morgan fingerprint density at radius 1 is 1.00 bits per heavy atom. The van der Waals surface area contributed by atoms with Gasteiger partial charge in [-0.3, -0.25) is 9.69 Å². The Morgan fingerprint density at radius 2 is 1.71 bits per heavy atom. The molecule has 0 radical (unpaired) electrons. The molecule has 1 aliphatic heterocycles. The standard InChI is InChI=1S/C21H27N3O3S/c1-18(25)19-7-5-10-21(17-19)28(26,27)22-11-6-12-23-13-15-24(16-14-23)20-8-3-2-4-9-20/h2-5,7-10,17,22H,6,11-16H2,1H3. The Bertz CT molecular complexity index is 892. The third kappa shape index (κ3) is 5.41. The lowest BCUT2D eigenvalue weighted by Gasteiger charge is -2.36. The maximum atomic E-state index is 12.4. The molecule has 1 aliphatic rings. The minimum absolute atomic E-state index is 0.136. The first kappa shape index (κ1) is 20.5. The Hall–Kier alpha value is -2.22. The molecule has 1 N–H and O–H groups in total. The van der Waals surface area contributed by atoms with Gasteiger partial charge >= 0.3 is 0 Å². The Kier molecular flexibility index (Phi) is 6.83. The first-order valence-electron chi connectivity index (χ1n) is 9.59. The molecule has 2 aromatic rings. The van der Waals surface area contributed by atoms with Crippen LogP contribution in [0.25, 0.3) is 0 Å². The molecule has 0 aliphatic carbocycles. The van der Waals surface area contributed by atoms with Crippen LogP contribution in [0.5, 0.6) is 0 Å². The highest BCUT2D eigenvalue weighted by atomic mass is 32.2. The van der Waals surface area contributed by atoms with Crippen LogP contribution in [0.3, 0.4) is 0 Å². The van der Waals surface area contributed by atoms with Gasteiger partial charge in [-0.25, -0.2) is 13.1 Å². The van der Waals surface area contributed by atoms with E-state index in [2.05, 4.69) is 38.8 Å². The summed E-state index contributed by atoms with van der Waals surface area (Å²) < 4.78 is 27.5. The van der Waals surface area contributed by atoms with Crippen molar-refractivity contribution in [2.75, 3.05) is 44.2 Å². The summed E-state index contributed by atoms with van der Waals surface area (Å²) in [5.41, 5.74) is 1.65. The molecule has 7 heteroatoms. The van der Waals surface area contributed by atoms with Crippen molar-refractivity contribution >= 4 is 21.5 Å². The van der Waals surface area contributed by atoms with E-state index in [0.29, 0.717) is 12.1 Å². The number of piperazine rings is 1. The van der Waals surface area contributed by atoms with Gasteiger partial charge in [-0.2, -0.15) is 0 Å². The Morgan fingerprint density at radius 3 is 2.39 bits per heavy atom. The summed E-state index contributed by atoms with van der Waals surface area (Å²) in [5.74, 6) is -0.147. The molecule has 6 nitrogen and oxygen atoms in total. The van der Waals surface area contributed by atoms with Crippen molar-refractivity contribution in [2.45, 2.75) is 18.2 Å². The number of carbonyl (C=O) groups is 1. The number of sulfonamides is 1. The van der Waals surface area contributed by atoms with Gasteiger partial charge < -0.3 is 4.90 Å². The molecule has 0 amide bonds. The van der Waals surface area contributed by atoms with Crippen molar-refractivity contribution in [3.63, 3.8) is 0 Å². The second-order valence-electron chi connectivity index (χ2n) is 7.00. The molecule has 3 rings (SSSR count). The van der Waals surface area contributed by atoms with Crippen LogP contribution < -0.4 is 9.62 Å². The molecule has 1 saturated heterocycles. The topological polar surface area (TPSA) is 69.7 Å². The summed E-state index contributed by atoms with van der Waals surface area (Å²) in [4.78, 5) is 16.3. The molecular weight excluding hydrogens is 374 g/mol. The minimum Gasteiger partial charge on any atom is -0.369 e. The number of carbonyl (C=O) groups excluding carboxylic acids is 1. The molecule has 0 bridgehead atoms. The summed E-state index contributed by atoms with van der Waals surface area (Å²) in [6.45, 7) is 6.58. The molecule has 1 heterocycles. The van der Waals surface area contributed by atoms with Gasteiger partial charge in [0.05, 0.1) is 4.90 Å². The van der Waals surface area contributed by atoms with Gasteiger partial charge in [-0.05, 0) is 44.2 Å². The monoisotopic (exact) mass is 401 g/mol. The largest absolute Gasteiger partial charge is 0.369 e. The lowest BCUT2D eigenvalue weighted by molar-refractivity contribution is 0.101. The Labute approximate surface area is 167 Å². The van der Waals surface area contributed by atoms with Crippen LogP contribution in [0, 0.1) is 0 Å². The second kappa shape index (κ2) is 9.32. The molecular formula is C21H27N3O3S. The molecule has 0 saturated carbocycles. The number of hydrogen-bond donors (Lipinski definition) is 1. The highest BCUT2D eigenvalue weighted by Crippen LogP contribution is 2.16. The predicted octanol–water partition coefficient (Wildman–Crippen LogP) is 2.38. The van der Waals surface area contributed by atoms with E-state index >= 15 is 0 Å². The van der Waals surface area contributed by atoms with E-state index in [9.17, 15) is 13.2 Å². The SMILES string of the molecule is CC(=O)c1cccc(S(=O)(=O)NCCCN2CCN(c3ccccc3)CC2)c1. The predicted molar refractivity (Wildman–Crippen MR) is 111 cm³/mol. The maximum absolute atomic E-state index is 12.4. The van der Waals surface area contributed by atoms with Crippen molar-refractivity contribution in [2.24, 2.45) is 0 Å². The van der Waals surface area contributed by atoms with Crippen LogP contribution in [-0.4, -0.2) is 58.4 Å². The van der Waals surface area contributed by atoms with Crippen LogP contribution in [0.4, 0.5) is 5.69 Å². The van der Waals surface area contributed by atoms with E-state index in [1.165, 1.54) is 24.7 Å². The van der Waals surface area contributed by atoms with Crippen LogP contribution in [-0.2, 0) is 10.0 Å². The van der Waals surface area contributed by atoms with E-state index < -0.39 is 10.0 Å². The number of anilines is 1. The third-order valence-electron chi connectivity index (χ3n) is 4.99. The number of benzene rings is 2. The van der Waals surface area contributed by atoms with Gasteiger partial charge in [-0.1, -0.05) is 30.3 Å². The van der Waals surface area contributed by atoms with Crippen molar-refractivity contribution in [3.8, 4) is 0 Å². The van der Waals surface area contributed by atoms with Crippen molar-refractivity contribution in [1.29, 1.82) is 0 Å². The molecule has 0 aromatic heterocycles. The molecule has 28 heavy (non-hydrogen) atoms. The van der Waals surface area contributed by atoms with Gasteiger partial charge in [0.25, 0.3) is 0 Å². The molecule has 0 spiro atoms. The first-order valence-corrected chi connectivity index (χ1v) is 11.1. The summed E-state index contributed by atoms with van der Waals surface area (Å²) >= 11 is 0. The third-order valence-corrected chi connectivity index (χ3v) is 6.45.